The van der Waals surface area contributed by atoms with Gasteiger partial charge in [-0.1, -0.05) is 24.8 Å². The highest BCUT2D eigenvalue weighted by atomic mass is 35.5. The molecular formula is C11H12Cl2N4S. The molecule has 7 heteroatoms. The van der Waals surface area contributed by atoms with Crippen LogP contribution < -0.4 is 0 Å². The van der Waals surface area contributed by atoms with E-state index in [0.717, 1.165) is 17.9 Å². The minimum Gasteiger partial charge on any atom is -0.208 e. The summed E-state index contributed by atoms with van der Waals surface area (Å²) in [5.41, 5.74) is 0. The van der Waals surface area contributed by atoms with Gasteiger partial charge in [0.2, 0.25) is 10.6 Å². The van der Waals surface area contributed by atoms with E-state index >= 15 is 0 Å². The first kappa shape index (κ1) is 13.8. The number of thioether (sulfide) groups is 1. The van der Waals surface area contributed by atoms with Crippen molar-refractivity contribution in [1.82, 2.24) is 15.0 Å². The van der Waals surface area contributed by atoms with Gasteiger partial charge >= 0.3 is 0 Å². The molecule has 0 fully saturated rings. The van der Waals surface area contributed by atoms with E-state index in [-0.39, 0.29) is 16.5 Å². The molecule has 96 valence electrons. The van der Waals surface area contributed by atoms with E-state index in [1.54, 1.807) is 11.8 Å². The summed E-state index contributed by atoms with van der Waals surface area (Å²) in [6.45, 7) is 4.22. The highest BCUT2D eigenvalue weighted by molar-refractivity contribution is 8.17. The predicted molar refractivity (Wildman–Crippen MR) is 76.7 cm³/mol. The van der Waals surface area contributed by atoms with Crippen molar-refractivity contribution in [3.8, 4) is 0 Å². The summed E-state index contributed by atoms with van der Waals surface area (Å²) < 4.78 is 0. The maximum atomic E-state index is 5.73. The quantitative estimate of drug-likeness (QED) is 0.777. The van der Waals surface area contributed by atoms with Crippen LogP contribution in [0.25, 0.3) is 0 Å². The Kier molecular flexibility index (Phi) is 4.59. The van der Waals surface area contributed by atoms with E-state index in [1.165, 1.54) is 4.91 Å². The Morgan fingerprint density at radius 1 is 1.28 bits per heavy atom. The van der Waals surface area contributed by atoms with Crippen LogP contribution in [-0.2, 0) is 0 Å². The number of aromatic nitrogens is 3. The summed E-state index contributed by atoms with van der Waals surface area (Å²) in [4.78, 5) is 17.3. The molecule has 1 unspecified atom stereocenters. The largest absolute Gasteiger partial charge is 0.255 e. The second kappa shape index (κ2) is 5.99. The summed E-state index contributed by atoms with van der Waals surface area (Å²) in [6.07, 6.45) is 4.35. The highest BCUT2D eigenvalue weighted by Gasteiger charge is 2.16. The van der Waals surface area contributed by atoms with Crippen molar-refractivity contribution in [2.45, 2.75) is 26.7 Å². The van der Waals surface area contributed by atoms with Gasteiger partial charge in [0.15, 0.2) is 0 Å². The molecule has 0 radical (unpaired) electrons. The Labute approximate surface area is 120 Å². The van der Waals surface area contributed by atoms with E-state index in [1.807, 2.05) is 0 Å². The number of nitrogens with zero attached hydrogens (tertiary/aromatic N) is 4. The molecule has 0 amide bonds. The number of hydrogen-bond acceptors (Lipinski definition) is 5. The molecule has 1 atom stereocenters. The molecule has 2 heterocycles. The van der Waals surface area contributed by atoms with Gasteiger partial charge in [0, 0.05) is 5.92 Å². The molecule has 0 N–H and O–H groups in total. The van der Waals surface area contributed by atoms with Crippen LogP contribution in [0.15, 0.2) is 16.0 Å². The third-order valence-electron chi connectivity index (χ3n) is 2.50. The van der Waals surface area contributed by atoms with E-state index in [0.29, 0.717) is 5.92 Å². The SMILES string of the molecule is CC1=CCCC(C)C(=Nc2nc(Cl)nc(Cl)n2)S1. The van der Waals surface area contributed by atoms with Crippen molar-refractivity contribution in [2.24, 2.45) is 10.9 Å². The lowest BCUT2D eigenvalue weighted by molar-refractivity contribution is 0.703. The summed E-state index contributed by atoms with van der Waals surface area (Å²) in [6, 6.07) is 0. The van der Waals surface area contributed by atoms with Crippen molar-refractivity contribution < 1.29 is 0 Å². The summed E-state index contributed by atoms with van der Waals surface area (Å²) >= 11 is 13.1. The summed E-state index contributed by atoms with van der Waals surface area (Å²) in [5.74, 6) is 0.641. The van der Waals surface area contributed by atoms with E-state index in [9.17, 15) is 0 Å². The smallest absolute Gasteiger partial charge is 0.208 e. The molecule has 1 aromatic rings. The zero-order valence-electron chi connectivity index (χ0n) is 10.0. The molecule has 0 aromatic carbocycles. The molecule has 0 bridgehead atoms. The summed E-state index contributed by atoms with van der Waals surface area (Å²) in [7, 11) is 0. The normalized spacial score (nSPS) is 22.8. The van der Waals surface area contributed by atoms with Gasteiger partial charge in [0.1, 0.15) is 0 Å². The van der Waals surface area contributed by atoms with Crippen LogP contribution >= 0.6 is 35.0 Å². The minimum atomic E-state index is 0.0629. The fourth-order valence-corrected chi connectivity index (χ4v) is 2.90. The lowest BCUT2D eigenvalue weighted by Crippen LogP contribution is -2.05. The molecule has 1 aromatic heterocycles. The average Bonchev–Trinajstić information content (AvgIpc) is 2.40. The van der Waals surface area contributed by atoms with Gasteiger partial charge in [-0.25, -0.2) is 4.99 Å². The third-order valence-corrected chi connectivity index (χ3v) is 4.03. The average molecular weight is 303 g/mol. The lowest BCUT2D eigenvalue weighted by Gasteiger charge is -2.10. The van der Waals surface area contributed by atoms with Crippen LogP contribution in [0.5, 0.6) is 0 Å². The topological polar surface area (TPSA) is 51.0 Å². The number of halogens is 2. The van der Waals surface area contributed by atoms with Crippen LogP contribution in [0.4, 0.5) is 5.95 Å². The Hall–Kier alpha value is -0.650. The molecule has 1 aliphatic rings. The van der Waals surface area contributed by atoms with Gasteiger partial charge in [0.05, 0.1) is 5.04 Å². The van der Waals surface area contributed by atoms with Crippen molar-refractivity contribution in [2.75, 3.05) is 0 Å². The van der Waals surface area contributed by atoms with Gasteiger partial charge < -0.3 is 0 Å². The number of aliphatic imine (C=N–C) groups is 1. The first-order valence-electron chi connectivity index (χ1n) is 5.55. The van der Waals surface area contributed by atoms with Crippen LogP contribution in [0.3, 0.4) is 0 Å². The molecule has 0 saturated heterocycles. The van der Waals surface area contributed by atoms with Gasteiger partial charge in [0.25, 0.3) is 5.95 Å². The lowest BCUT2D eigenvalue weighted by atomic mass is 10.1. The molecule has 0 aliphatic carbocycles. The van der Waals surface area contributed by atoms with Crippen LogP contribution in [0.2, 0.25) is 10.6 Å². The maximum absolute atomic E-state index is 5.73. The molecular weight excluding hydrogens is 291 g/mol. The zero-order valence-corrected chi connectivity index (χ0v) is 12.4. The second-order valence-corrected chi connectivity index (χ2v) is 5.96. The Morgan fingerprint density at radius 2 is 1.94 bits per heavy atom. The van der Waals surface area contributed by atoms with Gasteiger partial charge in [-0.3, -0.25) is 0 Å². The third kappa shape index (κ3) is 3.67. The van der Waals surface area contributed by atoms with Gasteiger partial charge in [-0.2, -0.15) is 15.0 Å². The molecule has 1 aliphatic heterocycles. The second-order valence-electron chi connectivity index (χ2n) is 4.02. The molecule has 0 saturated carbocycles. The number of hydrogen-bond donors (Lipinski definition) is 0. The monoisotopic (exact) mass is 302 g/mol. The maximum Gasteiger partial charge on any atom is 0.255 e. The Morgan fingerprint density at radius 3 is 2.61 bits per heavy atom. The fraction of sp³-hybridized carbons (Fsp3) is 0.455. The van der Waals surface area contributed by atoms with Crippen molar-refractivity contribution >= 4 is 46.0 Å². The van der Waals surface area contributed by atoms with Crippen LogP contribution in [0.1, 0.15) is 26.7 Å². The first-order valence-corrected chi connectivity index (χ1v) is 7.12. The van der Waals surface area contributed by atoms with Crippen LogP contribution in [-0.4, -0.2) is 20.0 Å². The highest BCUT2D eigenvalue weighted by Crippen LogP contribution is 2.30. The first-order chi connectivity index (χ1) is 8.54. The zero-order chi connectivity index (χ0) is 13.1. The number of allylic oxidation sites excluding steroid dienone is 2. The molecule has 18 heavy (non-hydrogen) atoms. The van der Waals surface area contributed by atoms with Gasteiger partial charge in [-0.05, 0) is 47.9 Å². The van der Waals surface area contributed by atoms with Crippen molar-refractivity contribution in [3.63, 3.8) is 0 Å². The standard InChI is InChI=1S/C11H12Cl2N4S/c1-6-4-3-5-7(2)18-8(6)14-11-16-9(12)15-10(13)17-11/h5-6H,3-4H2,1-2H3. The summed E-state index contributed by atoms with van der Waals surface area (Å²) in [5, 5.41) is 1.11. The van der Waals surface area contributed by atoms with E-state index < -0.39 is 0 Å². The fourth-order valence-electron chi connectivity index (χ4n) is 1.57. The van der Waals surface area contributed by atoms with E-state index in [2.05, 4.69) is 39.9 Å². The van der Waals surface area contributed by atoms with E-state index in [4.69, 9.17) is 23.2 Å². The predicted octanol–water partition coefficient (Wildman–Crippen LogP) is 4.28. The minimum absolute atomic E-state index is 0.0629. The number of rotatable bonds is 1. The molecule has 4 nitrogen and oxygen atoms in total. The Bertz CT molecular complexity index is 496. The van der Waals surface area contributed by atoms with Gasteiger partial charge in [-0.15, -0.1) is 0 Å². The molecule has 0 spiro atoms. The molecule has 2 rings (SSSR count). The van der Waals surface area contributed by atoms with Crippen LogP contribution in [0, 0.1) is 5.92 Å². The van der Waals surface area contributed by atoms with Crippen molar-refractivity contribution in [1.29, 1.82) is 0 Å². The van der Waals surface area contributed by atoms with Crippen molar-refractivity contribution in [3.05, 3.63) is 21.5 Å². The Balaban J connectivity index is 2.32.